The second kappa shape index (κ2) is 11.4. The first-order valence-corrected chi connectivity index (χ1v) is 7.71. The van der Waals surface area contributed by atoms with Crippen LogP contribution in [0.15, 0.2) is 29.3 Å². The predicted octanol–water partition coefficient (Wildman–Crippen LogP) is 2.90. The van der Waals surface area contributed by atoms with Crippen LogP contribution in [0.1, 0.15) is 18.1 Å². The molecule has 1 aromatic rings. The summed E-state index contributed by atoms with van der Waals surface area (Å²) in [6.07, 6.45) is 3.17. The van der Waals surface area contributed by atoms with Crippen LogP contribution in [0.3, 0.4) is 0 Å². The molecule has 0 amide bonds. The highest BCUT2D eigenvalue weighted by Gasteiger charge is 2.01. The molecule has 0 aliphatic rings. The number of nitrogens with one attached hydrogen (secondary N) is 2. The van der Waals surface area contributed by atoms with Gasteiger partial charge < -0.3 is 10.6 Å². The van der Waals surface area contributed by atoms with Crippen LogP contribution in [-0.4, -0.2) is 31.6 Å². The highest BCUT2D eigenvalue weighted by atomic mass is 127. The molecule has 0 saturated heterocycles. The maximum atomic E-state index is 4.22. The molecule has 0 unspecified atom stereocenters. The largest absolute Gasteiger partial charge is 0.356 e. The summed E-state index contributed by atoms with van der Waals surface area (Å²) in [5.74, 6) is 1.96. The minimum Gasteiger partial charge on any atom is -0.356 e. The maximum absolute atomic E-state index is 4.22. The van der Waals surface area contributed by atoms with Gasteiger partial charge in [-0.2, -0.15) is 11.8 Å². The van der Waals surface area contributed by atoms with E-state index in [0.717, 1.165) is 31.2 Å². The van der Waals surface area contributed by atoms with Gasteiger partial charge in [0.05, 0.1) is 0 Å². The Morgan fingerprint density at radius 2 is 1.89 bits per heavy atom. The van der Waals surface area contributed by atoms with Gasteiger partial charge in [-0.25, -0.2) is 0 Å². The van der Waals surface area contributed by atoms with E-state index in [1.807, 2.05) is 11.8 Å². The van der Waals surface area contributed by atoms with E-state index in [0.29, 0.717) is 0 Å². The molecule has 0 spiro atoms. The van der Waals surface area contributed by atoms with Gasteiger partial charge in [0.1, 0.15) is 0 Å². The smallest absolute Gasteiger partial charge is 0.191 e. The van der Waals surface area contributed by atoms with Crippen LogP contribution in [0, 0.1) is 0 Å². The molecular weight excluding hydrogens is 369 g/mol. The standard InChI is InChI=1S/C14H23N3S.HI/c1-4-12-7-5-6-8-13(12)11-17-14(15-2)16-9-10-18-3;/h5-8H,4,9-11H2,1-3H3,(H2,15,16,17);1H. The van der Waals surface area contributed by atoms with Crippen molar-refractivity contribution in [3.8, 4) is 0 Å². The normalized spacial score (nSPS) is 10.8. The number of rotatable bonds is 6. The number of hydrogen-bond donors (Lipinski definition) is 2. The predicted molar refractivity (Wildman–Crippen MR) is 97.8 cm³/mol. The monoisotopic (exact) mass is 393 g/mol. The van der Waals surface area contributed by atoms with E-state index in [9.17, 15) is 0 Å². The fourth-order valence-corrected chi connectivity index (χ4v) is 2.05. The Bertz CT molecular complexity index is 383. The molecule has 19 heavy (non-hydrogen) atoms. The molecule has 0 heterocycles. The van der Waals surface area contributed by atoms with Gasteiger partial charge in [0.25, 0.3) is 0 Å². The zero-order chi connectivity index (χ0) is 13.2. The van der Waals surface area contributed by atoms with Crippen molar-refractivity contribution < 1.29 is 0 Å². The summed E-state index contributed by atoms with van der Waals surface area (Å²) >= 11 is 1.83. The number of thioether (sulfide) groups is 1. The average molecular weight is 393 g/mol. The molecule has 1 rings (SSSR count). The van der Waals surface area contributed by atoms with Gasteiger partial charge in [-0.3, -0.25) is 4.99 Å². The summed E-state index contributed by atoms with van der Waals surface area (Å²) in [4.78, 5) is 4.22. The van der Waals surface area contributed by atoms with Gasteiger partial charge in [-0.15, -0.1) is 24.0 Å². The highest BCUT2D eigenvalue weighted by Crippen LogP contribution is 2.08. The molecule has 0 radical (unpaired) electrons. The van der Waals surface area contributed by atoms with Crippen molar-refractivity contribution in [3.05, 3.63) is 35.4 Å². The number of guanidine groups is 1. The lowest BCUT2D eigenvalue weighted by molar-refractivity contribution is 0.824. The Kier molecular flexibility index (Phi) is 11.1. The van der Waals surface area contributed by atoms with Crippen LogP contribution in [0.5, 0.6) is 0 Å². The van der Waals surface area contributed by atoms with Crippen LogP contribution in [0.2, 0.25) is 0 Å². The molecule has 0 aliphatic heterocycles. The molecule has 2 N–H and O–H groups in total. The van der Waals surface area contributed by atoms with Crippen LogP contribution in [0.4, 0.5) is 0 Å². The minimum absolute atomic E-state index is 0. The zero-order valence-electron chi connectivity index (χ0n) is 11.9. The molecule has 0 bridgehead atoms. The molecule has 0 atom stereocenters. The molecule has 0 saturated carbocycles. The lowest BCUT2D eigenvalue weighted by Gasteiger charge is -2.13. The molecule has 5 heteroatoms. The summed E-state index contributed by atoms with van der Waals surface area (Å²) in [5.41, 5.74) is 2.73. The van der Waals surface area contributed by atoms with E-state index in [2.05, 4.69) is 53.1 Å². The third-order valence-corrected chi connectivity index (χ3v) is 3.38. The molecule has 3 nitrogen and oxygen atoms in total. The third-order valence-electron chi connectivity index (χ3n) is 2.77. The second-order valence-electron chi connectivity index (χ2n) is 3.97. The van der Waals surface area contributed by atoms with Gasteiger partial charge in [-0.1, -0.05) is 31.2 Å². The lowest BCUT2D eigenvalue weighted by atomic mass is 10.1. The van der Waals surface area contributed by atoms with E-state index in [1.54, 1.807) is 7.05 Å². The van der Waals surface area contributed by atoms with Crippen LogP contribution in [-0.2, 0) is 13.0 Å². The Morgan fingerprint density at radius 1 is 1.21 bits per heavy atom. The number of nitrogens with zero attached hydrogens (tertiary/aromatic N) is 1. The summed E-state index contributed by atoms with van der Waals surface area (Å²) < 4.78 is 0. The average Bonchev–Trinajstić information content (AvgIpc) is 2.43. The van der Waals surface area contributed by atoms with E-state index in [-0.39, 0.29) is 24.0 Å². The van der Waals surface area contributed by atoms with Crippen LogP contribution < -0.4 is 10.6 Å². The first-order chi connectivity index (χ1) is 8.81. The van der Waals surface area contributed by atoms with E-state index >= 15 is 0 Å². The number of aryl methyl sites for hydroxylation is 1. The molecule has 1 aromatic carbocycles. The Hall–Kier alpha value is -0.430. The van der Waals surface area contributed by atoms with E-state index in [1.165, 1.54) is 11.1 Å². The van der Waals surface area contributed by atoms with Gasteiger partial charge in [0, 0.05) is 25.9 Å². The maximum Gasteiger partial charge on any atom is 0.191 e. The summed E-state index contributed by atoms with van der Waals surface area (Å²) in [6, 6.07) is 8.52. The zero-order valence-corrected chi connectivity index (χ0v) is 15.0. The van der Waals surface area contributed by atoms with Crippen molar-refractivity contribution in [1.29, 1.82) is 0 Å². The number of benzene rings is 1. The minimum atomic E-state index is 0. The molecule has 108 valence electrons. The van der Waals surface area contributed by atoms with Gasteiger partial charge in [-0.05, 0) is 23.8 Å². The summed E-state index contributed by atoms with van der Waals surface area (Å²) in [7, 11) is 1.81. The topological polar surface area (TPSA) is 36.4 Å². The number of aliphatic imine (C=N–C) groups is 1. The highest BCUT2D eigenvalue weighted by molar-refractivity contribution is 14.0. The molecular formula is C14H24IN3S. The summed E-state index contributed by atoms with van der Waals surface area (Å²) in [5, 5.41) is 6.65. The first-order valence-electron chi connectivity index (χ1n) is 6.32. The fourth-order valence-electron chi connectivity index (χ4n) is 1.75. The van der Waals surface area contributed by atoms with Crippen molar-refractivity contribution in [2.24, 2.45) is 4.99 Å². The third kappa shape index (κ3) is 7.06. The van der Waals surface area contributed by atoms with Crippen molar-refractivity contribution >= 4 is 41.7 Å². The fraction of sp³-hybridized carbons (Fsp3) is 0.500. The SMILES string of the molecule is CCc1ccccc1CNC(=NC)NCCSC.I. The Labute approximate surface area is 138 Å². The van der Waals surface area contributed by atoms with Gasteiger partial charge in [0.15, 0.2) is 5.96 Å². The van der Waals surface area contributed by atoms with Crippen molar-refractivity contribution in [1.82, 2.24) is 10.6 Å². The second-order valence-corrected chi connectivity index (χ2v) is 4.95. The van der Waals surface area contributed by atoms with Crippen molar-refractivity contribution in [2.75, 3.05) is 25.6 Å². The summed E-state index contributed by atoms with van der Waals surface area (Å²) in [6.45, 7) is 3.95. The quantitative estimate of drug-likeness (QED) is 0.338. The molecule has 0 aliphatic carbocycles. The number of hydrogen-bond acceptors (Lipinski definition) is 2. The van der Waals surface area contributed by atoms with Crippen LogP contribution >= 0.6 is 35.7 Å². The Balaban J connectivity index is 0.00000324. The first kappa shape index (κ1) is 18.6. The molecule has 0 fully saturated rings. The van der Waals surface area contributed by atoms with Crippen molar-refractivity contribution in [2.45, 2.75) is 19.9 Å². The lowest BCUT2D eigenvalue weighted by Crippen LogP contribution is -2.38. The van der Waals surface area contributed by atoms with Gasteiger partial charge in [0.2, 0.25) is 0 Å². The van der Waals surface area contributed by atoms with E-state index in [4.69, 9.17) is 0 Å². The van der Waals surface area contributed by atoms with Gasteiger partial charge >= 0.3 is 0 Å². The Morgan fingerprint density at radius 3 is 2.47 bits per heavy atom. The number of halogens is 1. The van der Waals surface area contributed by atoms with Crippen molar-refractivity contribution in [3.63, 3.8) is 0 Å². The van der Waals surface area contributed by atoms with E-state index < -0.39 is 0 Å². The molecule has 0 aromatic heterocycles. The van der Waals surface area contributed by atoms with Crippen LogP contribution in [0.25, 0.3) is 0 Å².